The van der Waals surface area contributed by atoms with E-state index in [0.29, 0.717) is 6.42 Å². The lowest BCUT2D eigenvalue weighted by molar-refractivity contribution is 0.762. The molecular weight excluding hydrogens is 112 g/mol. The average molecular weight is 128 g/mol. The zero-order valence-electron chi connectivity index (χ0n) is 6.57. The van der Waals surface area contributed by atoms with Gasteiger partial charge >= 0.3 is 0 Å². The summed E-state index contributed by atoms with van der Waals surface area (Å²) < 4.78 is 0. The van der Waals surface area contributed by atoms with E-state index in [1.165, 1.54) is 0 Å². The average Bonchev–Trinajstić information content (AvgIpc) is 1.91. The molecule has 0 bridgehead atoms. The summed E-state index contributed by atoms with van der Waals surface area (Å²) in [7, 11) is 0. The van der Waals surface area contributed by atoms with E-state index in [0.717, 1.165) is 13.1 Å². The lowest BCUT2D eigenvalue weighted by atomic mass is 10.6. The second-order valence-electron chi connectivity index (χ2n) is 1.47. The number of hydrogen-bond donors (Lipinski definition) is 1. The molecule has 0 radical (unpaired) electrons. The fraction of sp³-hybridized carbons (Fsp3) is 0.857. The Morgan fingerprint density at radius 1 is 1.22 bits per heavy atom. The quantitative estimate of drug-likeness (QED) is 0.612. The van der Waals surface area contributed by atoms with E-state index in [4.69, 9.17) is 5.26 Å². The van der Waals surface area contributed by atoms with Gasteiger partial charge in [-0.05, 0) is 13.1 Å². The van der Waals surface area contributed by atoms with Crippen LogP contribution in [-0.2, 0) is 0 Å². The molecule has 2 nitrogen and oxygen atoms in total. The zero-order chi connectivity index (χ0) is 7.54. The molecular formula is C7H16N2. The highest BCUT2D eigenvalue weighted by Crippen LogP contribution is 1.58. The third-order valence-corrected chi connectivity index (χ3v) is 0.658. The first-order valence-electron chi connectivity index (χ1n) is 3.41. The molecule has 0 aliphatic carbocycles. The molecule has 0 heterocycles. The summed E-state index contributed by atoms with van der Waals surface area (Å²) >= 11 is 0. The number of hydrogen-bond acceptors (Lipinski definition) is 2. The SMILES string of the molecule is CCC#N.CCNCC. The van der Waals surface area contributed by atoms with E-state index in [1.807, 2.05) is 13.0 Å². The van der Waals surface area contributed by atoms with Crippen LogP contribution in [0.4, 0.5) is 0 Å². The minimum atomic E-state index is 0.625. The summed E-state index contributed by atoms with van der Waals surface area (Å²) in [5.41, 5.74) is 0. The van der Waals surface area contributed by atoms with Crippen LogP contribution in [0.3, 0.4) is 0 Å². The van der Waals surface area contributed by atoms with Crippen molar-refractivity contribution in [3.63, 3.8) is 0 Å². The molecule has 0 atom stereocenters. The van der Waals surface area contributed by atoms with Crippen LogP contribution in [0.5, 0.6) is 0 Å². The molecule has 0 aromatic rings. The molecule has 9 heavy (non-hydrogen) atoms. The van der Waals surface area contributed by atoms with Crippen molar-refractivity contribution in [3.05, 3.63) is 0 Å². The van der Waals surface area contributed by atoms with Gasteiger partial charge < -0.3 is 5.32 Å². The number of nitriles is 1. The Labute approximate surface area is 57.9 Å². The first-order chi connectivity index (χ1) is 4.33. The molecule has 0 saturated carbocycles. The van der Waals surface area contributed by atoms with Gasteiger partial charge in [-0.25, -0.2) is 0 Å². The van der Waals surface area contributed by atoms with E-state index in [-0.39, 0.29) is 0 Å². The van der Waals surface area contributed by atoms with Crippen LogP contribution in [0.2, 0.25) is 0 Å². The molecule has 0 amide bonds. The van der Waals surface area contributed by atoms with Crippen molar-refractivity contribution in [1.29, 1.82) is 5.26 Å². The molecule has 0 fully saturated rings. The molecule has 0 aromatic heterocycles. The van der Waals surface area contributed by atoms with Crippen molar-refractivity contribution in [2.24, 2.45) is 0 Å². The van der Waals surface area contributed by atoms with Crippen molar-refractivity contribution < 1.29 is 0 Å². The molecule has 0 aliphatic rings. The van der Waals surface area contributed by atoms with Crippen molar-refractivity contribution in [3.8, 4) is 6.07 Å². The van der Waals surface area contributed by atoms with E-state index in [2.05, 4.69) is 19.2 Å². The Morgan fingerprint density at radius 2 is 1.56 bits per heavy atom. The van der Waals surface area contributed by atoms with Gasteiger partial charge in [0.05, 0.1) is 6.07 Å². The fourth-order valence-corrected chi connectivity index (χ4v) is 0.250. The number of nitrogens with one attached hydrogen (secondary N) is 1. The van der Waals surface area contributed by atoms with E-state index >= 15 is 0 Å². The number of rotatable bonds is 2. The Bertz CT molecular complexity index is 61.8. The predicted octanol–water partition coefficient (Wildman–Crippen LogP) is 1.54. The van der Waals surface area contributed by atoms with Gasteiger partial charge in [0.2, 0.25) is 0 Å². The Morgan fingerprint density at radius 3 is 1.56 bits per heavy atom. The van der Waals surface area contributed by atoms with Crippen LogP contribution in [0.25, 0.3) is 0 Å². The van der Waals surface area contributed by atoms with Crippen LogP contribution in [0.15, 0.2) is 0 Å². The fourth-order valence-electron chi connectivity index (χ4n) is 0.250. The van der Waals surface area contributed by atoms with Crippen LogP contribution in [0, 0.1) is 11.3 Å². The molecule has 0 saturated heterocycles. The first-order valence-corrected chi connectivity index (χ1v) is 3.41. The molecule has 1 N–H and O–H groups in total. The summed E-state index contributed by atoms with van der Waals surface area (Å²) in [5, 5.41) is 10.7. The smallest absolute Gasteiger partial charge is 0.0618 e. The Balaban J connectivity index is 0. The third kappa shape index (κ3) is 36.9. The molecule has 0 rings (SSSR count). The van der Waals surface area contributed by atoms with Gasteiger partial charge in [0.15, 0.2) is 0 Å². The van der Waals surface area contributed by atoms with Crippen LogP contribution in [0.1, 0.15) is 27.2 Å². The minimum absolute atomic E-state index is 0.625. The van der Waals surface area contributed by atoms with Crippen molar-refractivity contribution in [1.82, 2.24) is 5.32 Å². The molecule has 2 heteroatoms. The highest BCUT2D eigenvalue weighted by atomic mass is 14.8. The minimum Gasteiger partial charge on any atom is -0.317 e. The van der Waals surface area contributed by atoms with E-state index < -0.39 is 0 Å². The molecule has 54 valence electrons. The van der Waals surface area contributed by atoms with Crippen molar-refractivity contribution in [2.45, 2.75) is 27.2 Å². The standard InChI is InChI=1S/C4H11N.C3H5N/c1-3-5-4-2;1-2-3-4/h5H,3-4H2,1-2H3;2H2,1H3. The van der Waals surface area contributed by atoms with Gasteiger partial charge in [-0.3, -0.25) is 0 Å². The van der Waals surface area contributed by atoms with E-state index in [9.17, 15) is 0 Å². The number of nitrogens with zero attached hydrogens (tertiary/aromatic N) is 1. The van der Waals surface area contributed by atoms with Crippen molar-refractivity contribution in [2.75, 3.05) is 13.1 Å². The maximum Gasteiger partial charge on any atom is 0.0618 e. The lowest BCUT2D eigenvalue weighted by Gasteiger charge is -1.86. The zero-order valence-corrected chi connectivity index (χ0v) is 6.57. The van der Waals surface area contributed by atoms with Gasteiger partial charge in [-0.2, -0.15) is 5.26 Å². The highest BCUT2D eigenvalue weighted by Gasteiger charge is 1.62. The van der Waals surface area contributed by atoms with E-state index in [1.54, 1.807) is 0 Å². The third-order valence-electron chi connectivity index (χ3n) is 0.658. The second-order valence-corrected chi connectivity index (χ2v) is 1.47. The second kappa shape index (κ2) is 15.7. The Hall–Kier alpha value is -0.550. The topological polar surface area (TPSA) is 35.8 Å². The lowest BCUT2D eigenvalue weighted by Crippen LogP contribution is -2.09. The monoisotopic (exact) mass is 128 g/mol. The molecule has 0 spiro atoms. The summed E-state index contributed by atoms with van der Waals surface area (Å²) in [5.74, 6) is 0. The maximum atomic E-state index is 7.62. The van der Waals surface area contributed by atoms with Gasteiger partial charge in [-0.1, -0.05) is 20.8 Å². The molecule has 0 aromatic carbocycles. The summed E-state index contributed by atoms with van der Waals surface area (Å²) in [4.78, 5) is 0. The maximum absolute atomic E-state index is 7.62. The molecule has 0 unspecified atom stereocenters. The van der Waals surface area contributed by atoms with Gasteiger partial charge in [0, 0.05) is 6.42 Å². The van der Waals surface area contributed by atoms with Gasteiger partial charge in [0.1, 0.15) is 0 Å². The van der Waals surface area contributed by atoms with Crippen LogP contribution in [-0.4, -0.2) is 13.1 Å². The summed E-state index contributed by atoms with van der Waals surface area (Å²) in [6.45, 7) is 8.21. The van der Waals surface area contributed by atoms with Crippen LogP contribution >= 0.6 is 0 Å². The largest absolute Gasteiger partial charge is 0.317 e. The Kier molecular flexibility index (Phi) is 19.6. The first kappa shape index (κ1) is 11.3. The van der Waals surface area contributed by atoms with Crippen LogP contribution < -0.4 is 5.32 Å². The molecule has 0 aliphatic heterocycles. The summed E-state index contributed by atoms with van der Waals surface area (Å²) in [6, 6.07) is 1.93. The predicted molar refractivity (Wildman–Crippen MR) is 40.1 cm³/mol. The van der Waals surface area contributed by atoms with Gasteiger partial charge in [0.25, 0.3) is 0 Å². The summed E-state index contributed by atoms with van der Waals surface area (Å²) in [6.07, 6.45) is 0.625. The van der Waals surface area contributed by atoms with Crippen molar-refractivity contribution >= 4 is 0 Å². The normalized spacial score (nSPS) is 6.89. The highest BCUT2D eigenvalue weighted by molar-refractivity contribution is 4.61. The van der Waals surface area contributed by atoms with Gasteiger partial charge in [-0.15, -0.1) is 0 Å².